The first-order valence-corrected chi connectivity index (χ1v) is 28.9. The number of carbonyl (C=O) groups excluding carboxylic acids is 1. The van der Waals surface area contributed by atoms with Gasteiger partial charge in [0.1, 0.15) is 55.4 Å². The van der Waals surface area contributed by atoms with Crippen LogP contribution < -0.4 is 0 Å². The van der Waals surface area contributed by atoms with Crippen molar-refractivity contribution in [3.05, 3.63) is 11.6 Å². The molecule has 78 heavy (non-hydrogen) atoms. The lowest BCUT2D eigenvalue weighted by atomic mass is 9.47. The van der Waals surface area contributed by atoms with Crippen molar-refractivity contribution >= 4 is 5.97 Å². The Morgan fingerprint density at radius 1 is 0.679 bits per heavy atom. The van der Waals surface area contributed by atoms with Gasteiger partial charge in [-0.15, -0.1) is 0 Å². The highest BCUT2D eigenvalue weighted by atomic mass is 16.8. The quantitative estimate of drug-likeness (QED) is 0.117. The van der Waals surface area contributed by atoms with Crippen molar-refractivity contribution in [3.8, 4) is 0 Å². The fourth-order valence-electron chi connectivity index (χ4n) is 16.8. The molecule has 11 aliphatic rings. The van der Waals surface area contributed by atoms with Gasteiger partial charge in [-0.05, 0) is 85.0 Å². The maximum absolute atomic E-state index is 12.5. The summed E-state index contributed by atoms with van der Waals surface area (Å²) in [5.41, 5.74) is 0.894. The van der Waals surface area contributed by atoms with Gasteiger partial charge in [0.25, 0.3) is 0 Å². The lowest BCUT2D eigenvalue weighted by molar-refractivity contribution is -0.359. The summed E-state index contributed by atoms with van der Waals surface area (Å²) in [5, 5.41) is 52.3. The maximum Gasteiger partial charge on any atom is 0.302 e. The third-order valence-electron chi connectivity index (χ3n) is 20.6. The van der Waals surface area contributed by atoms with Crippen LogP contribution in [0.2, 0.25) is 0 Å². The summed E-state index contributed by atoms with van der Waals surface area (Å²) in [7, 11) is 4.85. The topological polar surface area (TPSA) is 266 Å². The number of allylic oxidation sites excluding steroid dienone is 1. The number of fused-ring (bicyclic) bond motifs is 3. The van der Waals surface area contributed by atoms with Gasteiger partial charge in [-0.25, -0.2) is 0 Å². The summed E-state index contributed by atoms with van der Waals surface area (Å²) >= 11 is 0. The second-order valence-electron chi connectivity index (χ2n) is 24.9. The van der Waals surface area contributed by atoms with Crippen LogP contribution in [0.25, 0.3) is 0 Å². The van der Waals surface area contributed by atoms with E-state index in [0.29, 0.717) is 26.1 Å². The van der Waals surface area contributed by atoms with E-state index in [1.807, 2.05) is 13.8 Å². The Morgan fingerprint density at radius 3 is 1.87 bits per heavy atom. The minimum atomic E-state index is -1.60. The molecule has 11 rings (SSSR count). The van der Waals surface area contributed by atoms with Crippen LogP contribution in [0.3, 0.4) is 0 Å². The molecule has 0 aromatic carbocycles. The van der Waals surface area contributed by atoms with Crippen LogP contribution in [0, 0.1) is 34.5 Å². The molecule has 3 aliphatic carbocycles. The highest BCUT2D eigenvalue weighted by molar-refractivity contribution is 5.66. The standard InChI is InChI=1S/C56H88O22/c1-25-47(73-42-21-38(65-10)50(28(4)71-42)76-52-46(62)45(61)44(60)39(22-57)72-52)34(59)18-41(69-25)74-49-27(3)70-43(20-37(49)64-9)75-48-26(2)68-35(19-36(48)63-8)30-13-16-55(24-66-29(5)58)31(17-30)11-12-33-32(55)14-15-53(6)51-40-23-67-54(51,7)78-56(33,53)77-40/h11,25-28,30,32-52,57,59-62H,12-24H2,1-10H3/t25-,26-,27-,28+,30+,32+,33-,34-,35-,36+,37-,38-,39-,40-,41+,42+,43+,44+,45+,46-,47-,48+,49-,50+,51+,52-,53-,54-,55-,56-/m1/s1. The molecule has 0 aromatic heterocycles. The summed E-state index contributed by atoms with van der Waals surface area (Å²) in [5.74, 6) is -0.862. The zero-order valence-electron chi connectivity index (χ0n) is 47.0. The molecule has 2 bridgehead atoms. The molecule has 444 valence electrons. The van der Waals surface area contributed by atoms with E-state index in [0.717, 1.165) is 38.5 Å². The lowest BCUT2D eigenvalue weighted by Gasteiger charge is -2.60. The van der Waals surface area contributed by atoms with E-state index in [1.54, 1.807) is 28.1 Å². The van der Waals surface area contributed by atoms with Gasteiger partial charge in [-0.3, -0.25) is 4.79 Å². The van der Waals surface area contributed by atoms with E-state index in [2.05, 4.69) is 19.9 Å². The van der Waals surface area contributed by atoms with Crippen LogP contribution in [-0.4, -0.2) is 219 Å². The van der Waals surface area contributed by atoms with Gasteiger partial charge >= 0.3 is 5.97 Å². The number of hydrogen-bond acceptors (Lipinski definition) is 22. The Kier molecular flexibility index (Phi) is 16.7. The molecule has 2 saturated carbocycles. The van der Waals surface area contributed by atoms with Gasteiger partial charge < -0.3 is 101 Å². The Morgan fingerprint density at radius 2 is 1.27 bits per heavy atom. The highest BCUT2D eigenvalue weighted by Gasteiger charge is 2.83. The summed E-state index contributed by atoms with van der Waals surface area (Å²) in [6.07, 6.45) is -7.44. The smallest absolute Gasteiger partial charge is 0.302 e. The number of carbonyl (C=O) groups is 1. The van der Waals surface area contributed by atoms with E-state index in [9.17, 15) is 30.3 Å². The lowest BCUT2D eigenvalue weighted by Crippen LogP contribution is -2.62. The van der Waals surface area contributed by atoms with E-state index in [1.165, 1.54) is 19.6 Å². The second-order valence-corrected chi connectivity index (χ2v) is 24.9. The van der Waals surface area contributed by atoms with Crippen LogP contribution in [0.5, 0.6) is 0 Å². The van der Waals surface area contributed by atoms with Gasteiger partial charge in [0.2, 0.25) is 0 Å². The fourth-order valence-corrected chi connectivity index (χ4v) is 16.8. The summed E-state index contributed by atoms with van der Waals surface area (Å²) in [6, 6.07) is 0. The molecule has 5 N–H and O–H groups in total. The van der Waals surface area contributed by atoms with Crippen molar-refractivity contribution in [1.29, 1.82) is 0 Å². The molecule has 0 spiro atoms. The fraction of sp³-hybridized carbons (Fsp3) is 0.946. The normalized spacial score (nSPS) is 54.7. The molecule has 8 saturated heterocycles. The highest BCUT2D eigenvalue weighted by Crippen LogP contribution is 2.76. The van der Waals surface area contributed by atoms with Gasteiger partial charge in [-0.2, -0.15) is 0 Å². The van der Waals surface area contributed by atoms with E-state index >= 15 is 0 Å². The molecular formula is C56H88O22. The molecule has 0 aromatic rings. The molecular weight excluding hydrogens is 1020 g/mol. The third-order valence-corrected chi connectivity index (χ3v) is 20.6. The first-order chi connectivity index (χ1) is 37.2. The molecule has 22 heteroatoms. The number of aliphatic hydroxyl groups excluding tert-OH is 5. The first-order valence-electron chi connectivity index (χ1n) is 28.9. The van der Waals surface area contributed by atoms with Gasteiger partial charge in [0, 0.05) is 70.7 Å². The van der Waals surface area contributed by atoms with Crippen molar-refractivity contribution in [2.24, 2.45) is 34.5 Å². The van der Waals surface area contributed by atoms with Crippen LogP contribution in [0.1, 0.15) is 113 Å². The van der Waals surface area contributed by atoms with E-state index in [-0.39, 0.29) is 77.7 Å². The van der Waals surface area contributed by atoms with Crippen molar-refractivity contribution < 1.29 is 106 Å². The maximum atomic E-state index is 12.5. The van der Waals surface area contributed by atoms with E-state index < -0.39 is 129 Å². The SMILES string of the molecule is CO[C@H]1C[C@H]([C@H]2CC[C@@]3(COC(C)=O)C(=CC[C@@H]4[C@@H]3CC[C@]3(C)[C@@H]5[C@H]6CO[C@]5(C)O[C@]43O6)C2)O[C@H](C)[C@@H]1O[C@H]1C[C@@H](OC)[C@H](O[C@H]2C[C@@H](O)[C@H](O[C@H]3C[C@@H](OC)[C@@H](O[C@H]4O[C@H](CO)[C@H](O)[C@H](O)[C@H]4O)[C@H](C)O3)[C@@H](C)O2)[C@@H](C)O1. The molecule has 0 unspecified atom stereocenters. The summed E-state index contributed by atoms with van der Waals surface area (Å²) in [4.78, 5) is 12.5. The number of ether oxygens (including phenoxy) is 16. The minimum Gasteiger partial charge on any atom is -0.465 e. The van der Waals surface area contributed by atoms with Crippen LogP contribution in [-0.2, 0) is 80.6 Å². The molecule has 8 aliphatic heterocycles. The van der Waals surface area contributed by atoms with Gasteiger partial charge in [-0.1, -0.05) is 18.6 Å². The monoisotopic (exact) mass is 1110 g/mol. The zero-order valence-corrected chi connectivity index (χ0v) is 47.0. The average molecular weight is 1110 g/mol. The van der Waals surface area contributed by atoms with Crippen LogP contribution in [0.4, 0.5) is 0 Å². The zero-order chi connectivity index (χ0) is 55.4. The average Bonchev–Trinajstić information content (AvgIpc) is 2.65. The molecule has 8 heterocycles. The number of esters is 1. The predicted octanol–water partition coefficient (Wildman–Crippen LogP) is 2.52. The number of hydrogen-bond donors (Lipinski definition) is 5. The predicted molar refractivity (Wildman–Crippen MR) is 267 cm³/mol. The molecule has 0 radical (unpaired) electrons. The summed E-state index contributed by atoms with van der Waals surface area (Å²) < 4.78 is 102. The van der Waals surface area contributed by atoms with Crippen molar-refractivity contribution in [3.63, 3.8) is 0 Å². The molecule has 22 nitrogen and oxygen atoms in total. The van der Waals surface area contributed by atoms with Crippen molar-refractivity contribution in [2.45, 2.75) is 259 Å². The van der Waals surface area contributed by atoms with Crippen LogP contribution in [0.15, 0.2) is 11.6 Å². The first kappa shape index (κ1) is 58.2. The Labute approximate surface area is 457 Å². The number of methoxy groups -OCH3 is 3. The number of aliphatic hydroxyl groups is 5. The molecule has 10 fully saturated rings. The van der Waals surface area contributed by atoms with Gasteiger partial charge in [0.15, 0.2) is 36.7 Å². The van der Waals surface area contributed by atoms with E-state index in [4.69, 9.17) is 75.8 Å². The largest absolute Gasteiger partial charge is 0.465 e. The van der Waals surface area contributed by atoms with Gasteiger partial charge in [0.05, 0.1) is 80.2 Å². The Hall–Kier alpha value is -1.59. The molecule has 0 amide bonds. The van der Waals surface area contributed by atoms with Crippen LogP contribution >= 0.6 is 0 Å². The number of rotatable bonds is 15. The minimum absolute atomic E-state index is 0.0331. The molecule has 30 atom stereocenters. The van der Waals surface area contributed by atoms with Crippen molar-refractivity contribution in [1.82, 2.24) is 0 Å². The second kappa shape index (κ2) is 22.4. The van der Waals surface area contributed by atoms with Crippen molar-refractivity contribution in [2.75, 3.05) is 41.2 Å². The Bertz CT molecular complexity index is 2130. The summed E-state index contributed by atoms with van der Waals surface area (Å²) in [6.45, 7) is 13.7. The Balaban J connectivity index is 0.676. The third kappa shape index (κ3) is 9.89.